The first-order valence-electron chi connectivity index (χ1n) is 8.89. The van der Waals surface area contributed by atoms with E-state index >= 15 is 0 Å². The van der Waals surface area contributed by atoms with Gasteiger partial charge in [0.2, 0.25) is 0 Å². The van der Waals surface area contributed by atoms with Gasteiger partial charge in [-0.1, -0.05) is 17.3 Å². The van der Waals surface area contributed by atoms with Crippen LogP contribution in [0.3, 0.4) is 0 Å². The Kier molecular flexibility index (Phi) is 5.97. The summed E-state index contributed by atoms with van der Waals surface area (Å²) in [6.45, 7) is 1.43. The summed E-state index contributed by atoms with van der Waals surface area (Å²) in [4.78, 5) is 13.2. The predicted molar refractivity (Wildman–Crippen MR) is 95.5 cm³/mol. The third kappa shape index (κ3) is 4.27. The van der Waals surface area contributed by atoms with Crippen LogP contribution >= 0.6 is 0 Å². The molecule has 8 heteroatoms. The van der Waals surface area contributed by atoms with E-state index in [0.717, 1.165) is 31.5 Å². The van der Waals surface area contributed by atoms with E-state index in [9.17, 15) is 15.0 Å². The van der Waals surface area contributed by atoms with Crippen LogP contribution in [-0.4, -0.2) is 50.7 Å². The molecule has 1 aliphatic heterocycles. The summed E-state index contributed by atoms with van der Waals surface area (Å²) in [7, 11) is 0. The van der Waals surface area contributed by atoms with Gasteiger partial charge in [-0.3, -0.25) is 4.79 Å². The lowest BCUT2D eigenvalue weighted by Crippen LogP contribution is -2.36. The number of nitrogens with one attached hydrogen (secondary N) is 1. The van der Waals surface area contributed by atoms with E-state index in [1.165, 1.54) is 0 Å². The molecule has 2 aromatic rings. The van der Waals surface area contributed by atoms with Crippen LogP contribution in [0, 0.1) is 5.92 Å². The van der Waals surface area contributed by atoms with Crippen LogP contribution in [0.25, 0.3) is 0 Å². The Morgan fingerprint density at radius 1 is 1.31 bits per heavy atom. The van der Waals surface area contributed by atoms with Crippen molar-refractivity contribution in [2.45, 2.75) is 31.3 Å². The average Bonchev–Trinajstić information content (AvgIpc) is 3.17. The fourth-order valence-electron chi connectivity index (χ4n) is 3.26. The molecule has 8 nitrogen and oxygen atoms in total. The highest BCUT2D eigenvalue weighted by atomic mass is 16.3. The summed E-state index contributed by atoms with van der Waals surface area (Å²) in [5, 5.41) is 30.1. The number of phenols is 1. The number of carbonyl (C=O) groups excluding carboxylic acids is 1. The second kappa shape index (κ2) is 8.39. The zero-order valence-corrected chi connectivity index (χ0v) is 14.6. The average molecular weight is 359 g/mol. The summed E-state index contributed by atoms with van der Waals surface area (Å²) in [5.41, 5.74) is 7.20. The van der Waals surface area contributed by atoms with Gasteiger partial charge >= 0.3 is 0 Å². The van der Waals surface area contributed by atoms with E-state index in [0.29, 0.717) is 12.1 Å². The number of ketones is 1. The molecule has 0 unspecified atom stereocenters. The van der Waals surface area contributed by atoms with E-state index in [1.54, 1.807) is 35.1 Å². The normalized spacial score (nSPS) is 17.8. The van der Waals surface area contributed by atoms with Gasteiger partial charge in [0.1, 0.15) is 17.5 Å². The Balaban J connectivity index is 1.86. The van der Waals surface area contributed by atoms with Gasteiger partial charge in [-0.2, -0.15) is 0 Å². The molecule has 0 amide bonds. The Hall–Kier alpha value is -2.29. The minimum Gasteiger partial charge on any atom is -0.508 e. The SMILES string of the molecule is N[C@@H](CO)c1cn([C@@H](Cc2ccc(O)cc2)C(=O)C2CCNCC2)nn1. The number of Topliss-reactive ketones (excluding diaryl/α,β-unsaturated/α-hetero) is 1. The molecule has 26 heavy (non-hydrogen) atoms. The zero-order valence-electron chi connectivity index (χ0n) is 14.6. The van der Waals surface area contributed by atoms with Gasteiger partial charge < -0.3 is 21.3 Å². The Labute approximate surface area is 152 Å². The van der Waals surface area contributed by atoms with E-state index in [1.807, 2.05) is 0 Å². The van der Waals surface area contributed by atoms with E-state index in [2.05, 4.69) is 15.6 Å². The summed E-state index contributed by atoms with van der Waals surface area (Å²) in [6, 6.07) is 5.71. The van der Waals surface area contributed by atoms with Crippen molar-refractivity contribution in [3.8, 4) is 5.75 Å². The molecule has 0 spiro atoms. The number of carbonyl (C=O) groups is 1. The molecule has 0 radical (unpaired) electrons. The quantitative estimate of drug-likeness (QED) is 0.561. The van der Waals surface area contributed by atoms with Gasteiger partial charge in [0.05, 0.1) is 18.8 Å². The molecule has 0 saturated carbocycles. The fourth-order valence-corrected chi connectivity index (χ4v) is 3.26. The molecule has 1 saturated heterocycles. The van der Waals surface area contributed by atoms with Crippen LogP contribution in [0.1, 0.15) is 36.2 Å². The first kappa shape index (κ1) is 18.5. The van der Waals surface area contributed by atoms with Gasteiger partial charge in [0.25, 0.3) is 0 Å². The molecule has 0 bridgehead atoms. The van der Waals surface area contributed by atoms with Crippen LogP contribution in [0.5, 0.6) is 5.75 Å². The van der Waals surface area contributed by atoms with Crippen molar-refractivity contribution in [3.63, 3.8) is 0 Å². The van der Waals surface area contributed by atoms with Gasteiger partial charge in [-0.15, -0.1) is 5.10 Å². The van der Waals surface area contributed by atoms with Crippen LogP contribution in [0.15, 0.2) is 30.5 Å². The number of piperidine rings is 1. The largest absolute Gasteiger partial charge is 0.508 e. The first-order chi connectivity index (χ1) is 12.6. The lowest BCUT2D eigenvalue weighted by molar-refractivity contribution is -0.127. The maximum atomic E-state index is 13.2. The molecule has 1 aromatic carbocycles. The van der Waals surface area contributed by atoms with Crippen molar-refractivity contribution < 1.29 is 15.0 Å². The minimum atomic E-state index is -0.618. The number of nitrogens with zero attached hydrogens (tertiary/aromatic N) is 3. The second-order valence-electron chi connectivity index (χ2n) is 6.73. The van der Waals surface area contributed by atoms with Gasteiger partial charge in [0, 0.05) is 12.3 Å². The van der Waals surface area contributed by atoms with Crippen LogP contribution < -0.4 is 11.1 Å². The Bertz CT molecular complexity index is 725. The molecule has 5 N–H and O–H groups in total. The molecule has 3 rings (SSSR count). The van der Waals surface area contributed by atoms with Crippen molar-refractivity contribution in [3.05, 3.63) is 41.7 Å². The monoisotopic (exact) mass is 359 g/mol. The minimum absolute atomic E-state index is 0.0162. The maximum absolute atomic E-state index is 13.2. The van der Waals surface area contributed by atoms with E-state index in [4.69, 9.17) is 5.73 Å². The molecule has 0 aliphatic carbocycles. The number of hydrogen-bond acceptors (Lipinski definition) is 7. The highest BCUT2D eigenvalue weighted by Crippen LogP contribution is 2.25. The number of hydrogen-bond donors (Lipinski definition) is 4. The fraction of sp³-hybridized carbons (Fsp3) is 0.500. The third-order valence-electron chi connectivity index (χ3n) is 4.86. The number of nitrogens with two attached hydrogens (primary N) is 1. The molecule has 1 aliphatic rings. The molecule has 1 aromatic heterocycles. The third-order valence-corrected chi connectivity index (χ3v) is 4.86. The molecule has 140 valence electrons. The van der Waals surface area contributed by atoms with Gasteiger partial charge in [-0.25, -0.2) is 4.68 Å². The Morgan fingerprint density at radius 2 is 2.00 bits per heavy atom. The highest BCUT2D eigenvalue weighted by Gasteiger charge is 2.30. The number of aliphatic hydroxyl groups excluding tert-OH is 1. The van der Waals surface area contributed by atoms with Crippen molar-refractivity contribution in [1.82, 2.24) is 20.3 Å². The van der Waals surface area contributed by atoms with Gasteiger partial charge in [-0.05, 0) is 43.6 Å². The molecular formula is C18H25N5O3. The van der Waals surface area contributed by atoms with E-state index in [-0.39, 0.29) is 24.1 Å². The lowest BCUT2D eigenvalue weighted by Gasteiger charge is -2.26. The number of aromatic hydroxyl groups is 1. The first-order valence-corrected chi connectivity index (χ1v) is 8.89. The summed E-state index contributed by atoms with van der Waals surface area (Å²) in [6.07, 6.45) is 3.72. The van der Waals surface area contributed by atoms with Gasteiger partial charge in [0.15, 0.2) is 5.78 Å². The molecule has 1 fully saturated rings. The zero-order chi connectivity index (χ0) is 18.5. The topological polar surface area (TPSA) is 126 Å². The van der Waals surface area contributed by atoms with Crippen LogP contribution in [-0.2, 0) is 11.2 Å². The smallest absolute Gasteiger partial charge is 0.160 e. The number of rotatable bonds is 7. The molecular weight excluding hydrogens is 334 g/mol. The summed E-state index contributed by atoms with van der Waals surface area (Å²) in [5.74, 6) is 0.304. The number of phenolic OH excluding ortho intramolecular Hbond substituents is 1. The standard InChI is InChI=1S/C18H25N5O3/c19-15(11-24)16-10-23(22-21-16)17(9-12-1-3-14(25)4-2-12)18(26)13-5-7-20-8-6-13/h1-4,10,13,15,17,20,24-25H,5-9,11,19H2/t15-,17-/m0/s1. The summed E-state index contributed by atoms with van der Waals surface area (Å²) < 4.78 is 1.56. The van der Waals surface area contributed by atoms with Crippen LogP contribution in [0.2, 0.25) is 0 Å². The predicted octanol–water partition coefficient (Wildman–Crippen LogP) is 0.328. The van der Waals surface area contributed by atoms with Crippen molar-refractivity contribution in [1.29, 1.82) is 0 Å². The lowest BCUT2D eigenvalue weighted by atomic mass is 9.87. The van der Waals surface area contributed by atoms with Crippen molar-refractivity contribution in [2.24, 2.45) is 11.7 Å². The maximum Gasteiger partial charge on any atom is 0.160 e. The van der Waals surface area contributed by atoms with E-state index < -0.39 is 12.1 Å². The van der Waals surface area contributed by atoms with Crippen molar-refractivity contribution in [2.75, 3.05) is 19.7 Å². The highest BCUT2D eigenvalue weighted by molar-refractivity contribution is 5.85. The second-order valence-corrected chi connectivity index (χ2v) is 6.73. The van der Waals surface area contributed by atoms with Crippen molar-refractivity contribution >= 4 is 5.78 Å². The molecule has 2 atom stereocenters. The summed E-state index contributed by atoms with van der Waals surface area (Å²) >= 11 is 0. The molecule has 2 heterocycles. The number of aromatic nitrogens is 3. The Morgan fingerprint density at radius 3 is 2.65 bits per heavy atom. The number of benzene rings is 1. The van der Waals surface area contributed by atoms with Crippen LogP contribution in [0.4, 0.5) is 0 Å². The number of aliphatic hydroxyl groups is 1.